The van der Waals surface area contributed by atoms with Crippen LogP contribution in [-0.4, -0.2) is 0 Å². The maximum Gasteiger partial charge on any atom is 0.137 e. The Morgan fingerprint density at radius 2 is 1.06 bits per heavy atom. The van der Waals surface area contributed by atoms with Crippen LogP contribution < -0.4 is 4.90 Å². The highest BCUT2D eigenvalue weighted by molar-refractivity contribution is 6.15. The molecule has 1 aliphatic carbocycles. The third-order valence-electron chi connectivity index (χ3n) is 11.1. The van der Waals surface area contributed by atoms with E-state index in [0.29, 0.717) is 0 Å². The lowest BCUT2D eigenvalue weighted by Gasteiger charge is -2.33. The average Bonchev–Trinajstić information content (AvgIpc) is 3.80. The summed E-state index contributed by atoms with van der Waals surface area (Å²) in [7, 11) is 0. The molecule has 0 unspecified atom stereocenters. The van der Waals surface area contributed by atoms with Gasteiger partial charge in [0.05, 0.1) is 16.8 Å². The Hall–Kier alpha value is -6.06. The van der Waals surface area contributed by atoms with Gasteiger partial charge in [-0.1, -0.05) is 132 Å². The summed E-state index contributed by atoms with van der Waals surface area (Å²) in [4.78, 5) is 2.46. The normalized spacial score (nSPS) is 13.6. The van der Waals surface area contributed by atoms with Crippen LogP contribution in [-0.2, 0) is 10.8 Å². The SMILES string of the molecule is CC(C)(C)c1cccc2oc3ccc4c(c3c12)C(C)(C)c1c-4cccc1N(c1ccc(-c2ccccc2)cc1)c1cccc2oc3ccccc3c12. The van der Waals surface area contributed by atoms with Crippen molar-refractivity contribution in [2.24, 2.45) is 0 Å². The van der Waals surface area contributed by atoms with Gasteiger partial charge in [0.1, 0.15) is 22.3 Å². The van der Waals surface area contributed by atoms with Crippen LogP contribution in [0.4, 0.5) is 17.1 Å². The zero-order valence-corrected chi connectivity index (χ0v) is 30.1. The second kappa shape index (κ2) is 11.0. The number of hydrogen-bond donors (Lipinski definition) is 0. The molecule has 0 bridgehead atoms. The molecule has 0 fully saturated rings. The quantitative estimate of drug-likeness (QED) is 0.186. The Labute approximate surface area is 303 Å². The van der Waals surface area contributed by atoms with Gasteiger partial charge in [-0.2, -0.15) is 0 Å². The first-order chi connectivity index (χ1) is 25.2. The summed E-state index contributed by atoms with van der Waals surface area (Å²) in [5.74, 6) is 0. The summed E-state index contributed by atoms with van der Waals surface area (Å²) in [6, 6.07) is 52.2. The number of para-hydroxylation sites is 1. The molecule has 0 aliphatic heterocycles. The maximum atomic E-state index is 6.63. The number of rotatable bonds is 4. The summed E-state index contributed by atoms with van der Waals surface area (Å²) in [6.45, 7) is 11.7. The van der Waals surface area contributed by atoms with Crippen molar-refractivity contribution in [3.63, 3.8) is 0 Å². The molecule has 7 aromatic carbocycles. The monoisotopic (exact) mass is 673 g/mol. The van der Waals surface area contributed by atoms with Gasteiger partial charge in [0.25, 0.3) is 0 Å². The first-order valence-electron chi connectivity index (χ1n) is 18.2. The highest BCUT2D eigenvalue weighted by atomic mass is 16.3. The zero-order valence-electron chi connectivity index (χ0n) is 30.1. The minimum atomic E-state index is -0.350. The predicted molar refractivity (Wildman–Crippen MR) is 217 cm³/mol. The molecule has 52 heavy (non-hydrogen) atoms. The van der Waals surface area contributed by atoms with Crippen LogP contribution in [0, 0.1) is 0 Å². The fourth-order valence-electron chi connectivity index (χ4n) is 8.92. The second-order valence-electron chi connectivity index (χ2n) is 15.7. The Kier molecular flexibility index (Phi) is 6.48. The molecular weight excluding hydrogens is 635 g/mol. The van der Waals surface area contributed by atoms with E-state index in [9.17, 15) is 0 Å². The number of furan rings is 2. The third-order valence-corrected chi connectivity index (χ3v) is 11.1. The molecule has 3 heteroatoms. The number of hydrogen-bond acceptors (Lipinski definition) is 3. The minimum absolute atomic E-state index is 0.0471. The van der Waals surface area contributed by atoms with E-state index in [-0.39, 0.29) is 10.8 Å². The molecule has 0 amide bonds. The van der Waals surface area contributed by atoms with Crippen molar-refractivity contribution in [1.82, 2.24) is 0 Å². The molecule has 9 aromatic rings. The van der Waals surface area contributed by atoms with Crippen molar-refractivity contribution in [3.05, 3.63) is 162 Å². The number of fused-ring (bicyclic) bond motifs is 10. The minimum Gasteiger partial charge on any atom is -0.456 e. The van der Waals surface area contributed by atoms with Crippen molar-refractivity contribution in [3.8, 4) is 22.3 Å². The molecule has 2 aromatic heterocycles. The lowest BCUT2D eigenvalue weighted by molar-refractivity contribution is 0.594. The highest BCUT2D eigenvalue weighted by Gasteiger charge is 2.42. The summed E-state index contributed by atoms with van der Waals surface area (Å²) >= 11 is 0. The fraction of sp³-hybridized carbons (Fsp3) is 0.143. The molecule has 0 N–H and O–H groups in total. The van der Waals surface area contributed by atoms with Crippen molar-refractivity contribution >= 4 is 60.9 Å². The fourth-order valence-corrected chi connectivity index (χ4v) is 8.92. The number of nitrogens with zero attached hydrogens (tertiary/aromatic N) is 1. The van der Waals surface area contributed by atoms with E-state index in [1.54, 1.807) is 0 Å². The zero-order chi connectivity index (χ0) is 35.4. The smallest absolute Gasteiger partial charge is 0.137 e. The molecule has 252 valence electrons. The lowest BCUT2D eigenvalue weighted by Crippen LogP contribution is -2.21. The standard InChI is InChI=1S/C49H39NO2/c1-48(2,3)36-18-12-22-41-44(36)45-42(52-41)29-28-34-33-17-11-20-38(46(33)49(4,5)47(34)45)50(32-26-24-31(25-27-32)30-14-7-6-8-15-30)37-19-13-23-40-43(37)35-16-9-10-21-39(35)51-40/h6-29H,1-5H3. The summed E-state index contributed by atoms with van der Waals surface area (Å²) < 4.78 is 13.1. The molecule has 3 nitrogen and oxygen atoms in total. The van der Waals surface area contributed by atoms with Gasteiger partial charge in [0.2, 0.25) is 0 Å². The summed E-state index contributed by atoms with van der Waals surface area (Å²) in [6.07, 6.45) is 0. The summed E-state index contributed by atoms with van der Waals surface area (Å²) in [5, 5.41) is 4.67. The molecule has 2 heterocycles. The first-order valence-corrected chi connectivity index (χ1v) is 18.2. The van der Waals surface area contributed by atoms with Gasteiger partial charge in [-0.25, -0.2) is 0 Å². The third kappa shape index (κ3) is 4.38. The Morgan fingerprint density at radius 1 is 0.462 bits per heavy atom. The van der Waals surface area contributed by atoms with Crippen LogP contribution in [0.25, 0.3) is 66.1 Å². The van der Waals surface area contributed by atoms with Crippen molar-refractivity contribution in [2.75, 3.05) is 4.90 Å². The second-order valence-corrected chi connectivity index (χ2v) is 15.7. The van der Waals surface area contributed by atoms with Crippen molar-refractivity contribution in [2.45, 2.75) is 45.4 Å². The van der Waals surface area contributed by atoms with E-state index in [0.717, 1.165) is 50.2 Å². The largest absolute Gasteiger partial charge is 0.456 e. The van der Waals surface area contributed by atoms with Crippen molar-refractivity contribution < 1.29 is 8.83 Å². The van der Waals surface area contributed by atoms with E-state index in [4.69, 9.17) is 8.83 Å². The van der Waals surface area contributed by atoms with Crippen LogP contribution in [0.1, 0.15) is 51.3 Å². The molecular formula is C49H39NO2. The van der Waals surface area contributed by atoms with Gasteiger partial charge in [0, 0.05) is 27.3 Å². The van der Waals surface area contributed by atoms with E-state index in [1.807, 2.05) is 6.07 Å². The number of benzene rings is 7. The highest BCUT2D eigenvalue weighted by Crippen LogP contribution is 2.58. The molecule has 10 rings (SSSR count). The Balaban J connectivity index is 1.26. The van der Waals surface area contributed by atoms with Crippen LogP contribution in [0.15, 0.2) is 154 Å². The van der Waals surface area contributed by atoms with Crippen LogP contribution in [0.3, 0.4) is 0 Å². The van der Waals surface area contributed by atoms with Crippen molar-refractivity contribution in [1.29, 1.82) is 0 Å². The Morgan fingerprint density at radius 3 is 1.85 bits per heavy atom. The topological polar surface area (TPSA) is 29.5 Å². The van der Waals surface area contributed by atoms with Gasteiger partial charge in [-0.05, 0) is 92.9 Å². The number of anilines is 3. The molecule has 0 saturated heterocycles. The lowest BCUT2D eigenvalue weighted by atomic mass is 9.77. The van der Waals surface area contributed by atoms with Gasteiger partial charge < -0.3 is 13.7 Å². The predicted octanol–water partition coefficient (Wildman–Crippen LogP) is 14.2. The van der Waals surface area contributed by atoms with E-state index >= 15 is 0 Å². The molecule has 0 saturated carbocycles. The van der Waals surface area contributed by atoms with Gasteiger partial charge >= 0.3 is 0 Å². The van der Waals surface area contributed by atoms with Crippen LogP contribution >= 0.6 is 0 Å². The van der Waals surface area contributed by atoms with Gasteiger partial charge in [-0.3, -0.25) is 0 Å². The summed E-state index contributed by atoms with van der Waals surface area (Å²) in [5.41, 5.74) is 15.4. The van der Waals surface area contributed by atoms with E-state index < -0.39 is 0 Å². The molecule has 0 radical (unpaired) electrons. The Bertz CT molecular complexity index is 2850. The first kappa shape index (κ1) is 30.7. The van der Waals surface area contributed by atoms with E-state index in [2.05, 4.69) is 179 Å². The van der Waals surface area contributed by atoms with Gasteiger partial charge in [0.15, 0.2) is 0 Å². The molecule has 0 atom stereocenters. The van der Waals surface area contributed by atoms with E-state index in [1.165, 1.54) is 49.7 Å². The van der Waals surface area contributed by atoms with Crippen LogP contribution in [0.2, 0.25) is 0 Å². The molecule has 0 spiro atoms. The average molecular weight is 674 g/mol. The molecule has 1 aliphatic rings. The van der Waals surface area contributed by atoms with Crippen LogP contribution in [0.5, 0.6) is 0 Å². The maximum absolute atomic E-state index is 6.63. The van der Waals surface area contributed by atoms with Gasteiger partial charge in [-0.15, -0.1) is 0 Å².